The Morgan fingerprint density at radius 1 is 0.793 bits per heavy atom. The third-order valence-electron chi connectivity index (χ3n) is 8.93. The molecule has 0 aliphatic carbocycles. The number of primary amides is 1. The van der Waals surface area contributed by atoms with E-state index in [9.17, 15) is 52.7 Å². The number of imide groups is 1. The van der Waals surface area contributed by atoms with Crippen LogP contribution < -0.4 is 16.4 Å². The predicted octanol–water partition coefficient (Wildman–Crippen LogP) is -0.478. The van der Waals surface area contributed by atoms with Crippen molar-refractivity contribution in [3.05, 3.63) is 0 Å². The number of hydrogen-bond acceptors (Lipinski definition) is 18. The summed E-state index contributed by atoms with van der Waals surface area (Å²) < 4.78 is 20.2. The number of ether oxygens (including phenoxy) is 4. The van der Waals surface area contributed by atoms with Crippen molar-refractivity contribution >= 4 is 97.6 Å². The second-order valence-corrected chi connectivity index (χ2v) is 17.3. The maximum atomic E-state index is 12.8. The number of ketones is 6. The zero-order valence-corrected chi connectivity index (χ0v) is 35.5. The predicted molar refractivity (Wildman–Crippen MR) is 211 cm³/mol. The van der Waals surface area contributed by atoms with E-state index in [4.69, 9.17) is 24.7 Å². The summed E-state index contributed by atoms with van der Waals surface area (Å²) in [5.74, 6) is -6.39. The summed E-state index contributed by atoms with van der Waals surface area (Å²) in [5.41, 5.74) is 3.00. The summed E-state index contributed by atoms with van der Waals surface area (Å²) in [6.45, 7) is 5.76. The number of carbonyl (C=O) groups excluding carboxylic acids is 11. The molecule has 2 aliphatic rings. The quantitative estimate of drug-likeness (QED) is 0.0247. The molecule has 0 aromatic carbocycles. The fraction of sp³-hybridized carbons (Fsp3) is 0.694. The number of rotatable bonds is 33. The highest BCUT2D eigenvalue weighted by Gasteiger charge is 2.58. The third-order valence-corrected chi connectivity index (χ3v) is 13.0. The van der Waals surface area contributed by atoms with Gasteiger partial charge in [0.25, 0.3) is 5.91 Å². The van der Waals surface area contributed by atoms with Gasteiger partial charge in [-0.05, 0) is 34.1 Å². The smallest absolute Gasteiger partial charge is 0.253 e. The number of amides is 5. The number of nitrogens with zero attached hydrogens (tertiary/aromatic N) is 1. The Labute approximate surface area is 348 Å². The molecule has 324 valence electrons. The molecule has 0 aromatic heterocycles. The third kappa shape index (κ3) is 15.2. The number of Topliss-reactive ketones (excluding diaryl/α,β-unsaturated/α-hetero) is 6. The molecule has 2 rings (SSSR count). The lowest BCUT2D eigenvalue weighted by Crippen LogP contribution is -2.50. The fourth-order valence-electron chi connectivity index (χ4n) is 5.74. The molecule has 0 radical (unpaired) electrons. The number of hydrogen-bond donors (Lipinski definition) is 3. The first kappa shape index (κ1) is 50.6. The van der Waals surface area contributed by atoms with E-state index >= 15 is 0 Å². The van der Waals surface area contributed by atoms with Crippen molar-refractivity contribution in [2.75, 3.05) is 71.7 Å². The summed E-state index contributed by atoms with van der Waals surface area (Å²) in [7, 11) is 2.08. The van der Waals surface area contributed by atoms with Gasteiger partial charge in [0.15, 0.2) is 28.9 Å². The normalized spacial score (nSPS) is 16.4. The van der Waals surface area contributed by atoms with Gasteiger partial charge in [-0.1, -0.05) is 21.6 Å². The van der Waals surface area contributed by atoms with Gasteiger partial charge in [-0.15, -0.1) is 11.8 Å². The molecule has 0 spiro atoms. The van der Waals surface area contributed by atoms with Crippen molar-refractivity contribution in [1.29, 1.82) is 0 Å². The Bertz CT molecular complexity index is 1540. The Balaban J connectivity index is 1.57. The Morgan fingerprint density at radius 3 is 1.83 bits per heavy atom. The molecular formula is C36H52N4O15S3. The highest BCUT2D eigenvalue weighted by Crippen LogP contribution is 2.65. The summed E-state index contributed by atoms with van der Waals surface area (Å²) >= 11 is 1.11. The second kappa shape index (κ2) is 25.2. The van der Waals surface area contributed by atoms with Crippen molar-refractivity contribution < 1.29 is 71.7 Å². The first-order valence-electron chi connectivity index (χ1n) is 18.5. The molecule has 0 aromatic rings. The minimum absolute atomic E-state index is 0.0564. The van der Waals surface area contributed by atoms with E-state index < -0.39 is 79.2 Å². The topological polar surface area (TPSA) is 278 Å². The SMILES string of the molecule is CC(=O)CCC(NC(=O)CCSC1CC(=O)N(CCC(=O)C2(C(N)=O)SS2)C1=O)C(=O)NCCOCCOCCOCCOCCC(=O)C(C(C)=O)(C(C)=O)C(C)=O. The largest absolute Gasteiger partial charge is 0.379 e. The molecule has 2 unspecified atom stereocenters. The highest BCUT2D eigenvalue weighted by atomic mass is 33.2. The minimum Gasteiger partial charge on any atom is -0.379 e. The standard InChI is InChI=1S/C36H52N4O15S3/c1-22(41)5-6-26(39-30(47)9-20-56-27-21-31(48)40(33(27)50)11-7-29(46)36(34(37)51)57-58-36)32(49)38-10-13-53-15-17-55-19-18-54-16-14-52-12-8-28(45)35(23(2)42,24(3)43)25(4)44/h26-27H,5-21H2,1-4H3,(H2,37,51)(H,38,49)(H,39,47). The summed E-state index contributed by atoms with van der Waals surface area (Å²) in [5, 5.41) is 4.55. The number of likely N-dealkylation sites (tertiary alicyclic amines) is 1. The average Bonchev–Trinajstić information content (AvgIpc) is 3.92. The van der Waals surface area contributed by atoms with E-state index in [1.54, 1.807) is 0 Å². The number of nitrogens with two attached hydrogens (primary N) is 1. The molecule has 58 heavy (non-hydrogen) atoms. The molecule has 19 nitrogen and oxygen atoms in total. The second-order valence-electron chi connectivity index (χ2n) is 13.2. The fourth-order valence-corrected chi connectivity index (χ4v) is 8.80. The molecule has 2 heterocycles. The number of thioether (sulfide) groups is 1. The maximum Gasteiger partial charge on any atom is 0.253 e. The van der Waals surface area contributed by atoms with Crippen LogP contribution in [-0.4, -0.2) is 156 Å². The lowest BCUT2D eigenvalue weighted by molar-refractivity contribution is -0.154. The summed E-state index contributed by atoms with van der Waals surface area (Å²) in [6, 6.07) is -0.989. The Hall–Kier alpha value is -3.54. The molecule has 5 amide bonds. The highest BCUT2D eigenvalue weighted by molar-refractivity contribution is 8.94. The van der Waals surface area contributed by atoms with Crippen LogP contribution in [0.5, 0.6) is 0 Å². The van der Waals surface area contributed by atoms with Crippen LogP contribution in [0.15, 0.2) is 0 Å². The monoisotopic (exact) mass is 876 g/mol. The average molecular weight is 877 g/mol. The Morgan fingerprint density at radius 2 is 1.33 bits per heavy atom. The van der Waals surface area contributed by atoms with Crippen LogP contribution in [0, 0.1) is 5.41 Å². The van der Waals surface area contributed by atoms with Gasteiger partial charge in [-0.3, -0.25) is 52.8 Å². The van der Waals surface area contributed by atoms with Crippen LogP contribution in [0.1, 0.15) is 66.2 Å². The van der Waals surface area contributed by atoms with Crippen molar-refractivity contribution in [1.82, 2.24) is 15.5 Å². The van der Waals surface area contributed by atoms with Crippen LogP contribution in [0.2, 0.25) is 0 Å². The molecule has 2 atom stereocenters. The number of carbonyl (C=O) groups is 11. The van der Waals surface area contributed by atoms with Gasteiger partial charge in [0, 0.05) is 50.9 Å². The molecule has 0 saturated carbocycles. The molecule has 4 N–H and O–H groups in total. The van der Waals surface area contributed by atoms with E-state index in [1.807, 2.05) is 0 Å². The molecule has 2 fully saturated rings. The maximum absolute atomic E-state index is 12.8. The van der Waals surface area contributed by atoms with Gasteiger partial charge in [-0.2, -0.15) is 0 Å². The van der Waals surface area contributed by atoms with E-state index in [0.29, 0.717) is 0 Å². The van der Waals surface area contributed by atoms with Crippen molar-refractivity contribution in [3.8, 4) is 0 Å². The van der Waals surface area contributed by atoms with Gasteiger partial charge in [0.05, 0.1) is 58.1 Å². The summed E-state index contributed by atoms with van der Waals surface area (Å²) in [6.07, 6.45) is -0.511. The van der Waals surface area contributed by atoms with Crippen LogP contribution in [0.25, 0.3) is 0 Å². The summed E-state index contributed by atoms with van der Waals surface area (Å²) in [4.78, 5) is 136. The van der Waals surface area contributed by atoms with E-state index in [1.165, 1.54) is 6.92 Å². The Kier molecular flexibility index (Phi) is 22.0. The van der Waals surface area contributed by atoms with E-state index in [-0.39, 0.29) is 116 Å². The first-order valence-corrected chi connectivity index (χ1v) is 21.7. The zero-order chi connectivity index (χ0) is 43.5. The van der Waals surface area contributed by atoms with Gasteiger partial charge in [0.2, 0.25) is 33.1 Å². The van der Waals surface area contributed by atoms with Crippen molar-refractivity contribution in [2.45, 2.75) is 81.6 Å². The molecule has 2 saturated heterocycles. The van der Waals surface area contributed by atoms with Crippen LogP contribution in [0.3, 0.4) is 0 Å². The van der Waals surface area contributed by atoms with Gasteiger partial charge in [0.1, 0.15) is 11.8 Å². The van der Waals surface area contributed by atoms with Crippen LogP contribution in [0.4, 0.5) is 0 Å². The van der Waals surface area contributed by atoms with Gasteiger partial charge < -0.3 is 40.1 Å². The molecular weight excluding hydrogens is 825 g/mol. The molecule has 0 bridgehead atoms. The minimum atomic E-state index is -2.28. The van der Waals surface area contributed by atoms with Crippen LogP contribution >= 0.6 is 33.3 Å². The van der Waals surface area contributed by atoms with Crippen molar-refractivity contribution in [3.63, 3.8) is 0 Å². The zero-order valence-electron chi connectivity index (χ0n) is 33.0. The van der Waals surface area contributed by atoms with E-state index in [0.717, 1.165) is 59.0 Å². The van der Waals surface area contributed by atoms with E-state index in [2.05, 4.69) is 10.6 Å². The van der Waals surface area contributed by atoms with Crippen molar-refractivity contribution in [2.24, 2.45) is 11.1 Å². The lowest BCUT2D eigenvalue weighted by Gasteiger charge is -2.23. The van der Waals surface area contributed by atoms with Gasteiger partial charge in [-0.25, -0.2) is 0 Å². The van der Waals surface area contributed by atoms with Crippen LogP contribution in [-0.2, 0) is 71.7 Å². The molecule has 2 aliphatic heterocycles. The lowest BCUT2D eigenvalue weighted by atomic mass is 9.72. The number of nitrogens with one attached hydrogen (secondary N) is 2. The first-order chi connectivity index (χ1) is 27.4. The van der Waals surface area contributed by atoms with Gasteiger partial charge >= 0.3 is 0 Å². The molecule has 22 heteroatoms.